The number of hydrogen-bond donors (Lipinski definition) is 2. The summed E-state index contributed by atoms with van der Waals surface area (Å²) in [5.74, 6) is -5.41. The van der Waals surface area contributed by atoms with Crippen molar-refractivity contribution in [1.29, 1.82) is 0 Å². The zero-order valence-corrected chi connectivity index (χ0v) is 11.7. The number of nitrogens with two attached hydrogens (primary N) is 1. The lowest BCUT2D eigenvalue weighted by atomic mass is 10.1. The van der Waals surface area contributed by atoms with Gasteiger partial charge < -0.3 is 5.73 Å². The van der Waals surface area contributed by atoms with Gasteiger partial charge in [-0.3, -0.25) is 0 Å². The van der Waals surface area contributed by atoms with Gasteiger partial charge in [0.1, 0.15) is 5.82 Å². The molecule has 1 aromatic rings. The summed E-state index contributed by atoms with van der Waals surface area (Å²) in [5, 5.41) is 0. The molecule has 21 heavy (non-hydrogen) atoms. The van der Waals surface area contributed by atoms with E-state index in [4.69, 9.17) is 5.73 Å². The van der Waals surface area contributed by atoms with Gasteiger partial charge in [-0.1, -0.05) is 0 Å². The molecule has 0 saturated carbocycles. The number of hydrogen-bond acceptors (Lipinski definition) is 3. The molecule has 0 aliphatic rings. The fraction of sp³-hybridized carbons (Fsp3) is 0.455. The first-order valence-corrected chi connectivity index (χ1v) is 7.14. The maximum atomic E-state index is 13.5. The third-order valence-corrected chi connectivity index (χ3v) is 4.23. The Balaban J connectivity index is 3.12. The van der Waals surface area contributed by atoms with Crippen LogP contribution in [-0.2, 0) is 16.6 Å². The van der Waals surface area contributed by atoms with E-state index in [1.54, 1.807) is 0 Å². The van der Waals surface area contributed by atoms with Crippen molar-refractivity contribution >= 4 is 10.0 Å². The van der Waals surface area contributed by atoms with Crippen LogP contribution >= 0.6 is 0 Å². The maximum Gasteiger partial charge on any atom is 0.320 e. The highest BCUT2D eigenvalue weighted by molar-refractivity contribution is 7.89. The third kappa shape index (κ3) is 4.11. The maximum absolute atomic E-state index is 13.5. The molecule has 0 saturated heterocycles. The van der Waals surface area contributed by atoms with Crippen molar-refractivity contribution < 1.29 is 30.4 Å². The second-order valence-electron chi connectivity index (χ2n) is 4.29. The molecule has 0 atom stereocenters. The highest BCUT2D eigenvalue weighted by Gasteiger charge is 2.41. The summed E-state index contributed by atoms with van der Waals surface area (Å²) in [4.78, 5) is -0.618. The van der Waals surface area contributed by atoms with Crippen LogP contribution in [0.5, 0.6) is 0 Å². The second-order valence-corrected chi connectivity index (χ2v) is 6.03. The Hall–Kier alpha value is -1.26. The van der Waals surface area contributed by atoms with Gasteiger partial charge in [0.05, 0.1) is 11.4 Å². The molecule has 120 valence electrons. The first-order valence-electron chi connectivity index (χ1n) is 5.66. The monoisotopic (exact) mass is 332 g/mol. The van der Waals surface area contributed by atoms with Crippen molar-refractivity contribution in [2.24, 2.45) is 5.73 Å². The lowest BCUT2D eigenvalue weighted by Gasteiger charge is -2.17. The van der Waals surface area contributed by atoms with Crippen molar-refractivity contribution in [3.05, 3.63) is 29.1 Å². The highest BCUT2D eigenvalue weighted by Crippen LogP contribution is 2.24. The Morgan fingerprint density at radius 2 is 1.90 bits per heavy atom. The fourth-order valence-corrected chi connectivity index (χ4v) is 2.80. The topological polar surface area (TPSA) is 72.2 Å². The Morgan fingerprint density at radius 1 is 1.33 bits per heavy atom. The number of sulfonamides is 1. The largest absolute Gasteiger partial charge is 0.326 e. The zero-order chi connectivity index (χ0) is 16.4. The first kappa shape index (κ1) is 17.8. The molecule has 1 aromatic carbocycles. The molecular weight excluding hydrogens is 319 g/mol. The van der Waals surface area contributed by atoms with E-state index < -0.39 is 39.6 Å². The van der Waals surface area contributed by atoms with E-state index in [0.717, 1.165) is 19.1 Å². The van der Waals surface area contributed by atoms with Crippen LogP contribution in [0.2, 0.25) is 0 Å². The van der Waals surface area contributed by atoms with Crippen LogP contribution in [-0.4, -0.2) is 27.3 Å². The lowest BCUT2D eigenvalue weighted by Crippen LogP contribution is -2.41. The molecule has 0 unspecified atom stereocenters. The number of rotatable bonds is 6. The predicted molar refractivity (Wildman–Crippen MR) is 65.2 cm³/mol. The first-order chi connectivity index (χ1) is 9.51. The summed E-state index contributed by atoms with van der Waals surface area (Å²) in [7, 11) is -4.57. The molecular formula is C11H13F5N2O2S. The molecule has 0 aromatic heterocycles. The van der Waals surface area contributed by atoms with Crippen LogP contribution in [0.15, 0.2) is 17.0 Å². The summed E-state index contributed by atoms with van der Waals surface area (Å²) in [5.41, 5.74) is 5.07. The van der Waals surface area contributed by atoms with Gasteiger partial charge in [-0.25, -0.2) is 26.3 Å². The van der Waals surface area contributed by atoms with Gasteiger partial charge in [0.2, 0.25) is 10.0 Å². The van der Waals surface area contributed by atoms with E-state index in [2.05, 4.69) is 0 Å². The molecule has 4 nitrogen and oxygen atoms in total. The van der Waals surface area contributed by atoms with Gasteiger partial charge in [-0.15, -0.1) is 0 Å². The Kier molecular flexibility index (Phi) is 5.29. The number of nitrogens with one attached hydrogen (secondary N) is 1. The second kappa shape index (κ2) is 6.24. The van der Waals surface area contributed by atoms with Crippen LogP contribution in [0, 0.1) is 12.7 Å². The Morgan fingerprint density at radius 3 is 2.38 bits per heavy atom. The van der Waals surface area contributed by atoms with Gasteiger partial charge in [-0.2, -0.15) is 8.78 Å². The molecule has 10 heteroatoms. The SMILES string of the molecule is Cc1c(F)cc(CN)cc1S(=O)(=O)NCC(F)(F)C(F)F. The molecule has 1 rings (SSSR count). The molecule has 0 aliphatic carbocycles. The Labute approximate surface area is 118 Å². The van der Waals surface area contributed by atoms with E-state index in [1.807, 2.05) is 0 Å². The van der Waals surface area contributed by atoms with E-state index in [1.165, 1.54) is 4.72 Å². The zero-order valence-electron chi connectivity index (χ0n) is 10.8. The molecule has 0 fully saturated rings. The molecule has 0 heterocycles. The summed E-state index contributed by atoms with van der Waals surface area (Å²) in [6.07, 6.45) is -4.02. The number of halogens is 5. The number of alkyl halides is 4. The summed E-state index contributed by atoms with van der Waals surface area (Å²) in [6.45, 7) is -0.844. The molecule has 0 amide bonds. The summed E-state index contributed by atoms with van der Waals surface area (Å²) < 4.78 is 88.1. The third-order valence-electron chi connectivity index (χ3n) is 2.70. The van der Waals surface area contributed by atoms with Gasteiger partial charge in [0.25, 0.3) is 0 Å². The Bertz CT molecular complexity index is 619. The summed E-state index contributed by atoms with van der Waals surface area (Å²) >= 11 is 0. The number of benzene rings is 1. The van der Waals surface area contributed by atoms with E-state index >= 15 is 0 Å². The van der Waals surface area contributed by atoms with Crippen LogP contribution in [0.3, 0.4) is 0 Å². The van der Waals surface area contributed by atoms with E-state index in [-0.39, 0.29) is 17.7 Å². The van der Waals surface area contributed by atoms with Crippen LogP contribution in [0.1, 0.15) is 11.1 Å². The van der Waals surface area contributed by atoms with Crippen molar-refractivity contribution in [3.8, 4) is 0 Å². The van der Waals surface area contributed by atoms with Crippen molar-refractivity contribution in [2.45, 2.75) is 30.7 Å². The quantitative estimate of drug-likeness (QED) is 0.780. The standard InChI is InChI=1S/C11H13F5N2O2S/c1-6-8(12)2-7(4-17)3-9(6)21(19,20)18-5-11(15,16)10(13)14/h2-3,10,18H,4-5,17H2,1H3. The molecule has 0 bridgehead atoms. The predicted octanol–water partition coefficient (Wildman–Crippen LogP) is 1.77. The van der Waals surface area contributed by atoms with Crippen molar-refractivity contribution in [1.82, 2.24) is 4.72 Å². The molecule has 0 spiro atoms. The minimum atomic E-state index is -4.57. The minimum Gasteiger partial charge on any atom is -0.326 e. The summed E-state index contributed by atoms with van der Waals surface area (Å²) in [6, 6.07) is 2.00. The average Bonchev–Trinajstić information content (AvgIpc) is 2.39. The lowest BCUT2D eigenvalue weighted by molar-refractivity contribution is -0.122. The van der Waals surface area contributed by atoms with Gasteiger partial charge >= 0.3 is 12.3 Å². The van der Waals surface area contributed by atoms with E-state index in [9.17, 15) is 30.4 Å². The fourth-order valence-electron chi connectivity index (χ4n) is 1.45. The highest BCUT2D eigenvalue weighted by atomic mass is 32.2. The molecule has 0 radical (unpaired) electrons. The average molecular weight is 332 g/mol. The molecule has 0 aliphatic heterocycles. The smallest absolute Gasteiger partial charge is 0.320 e. The van der Waals surface area contributed by atoms with Gasteiger partial charge in [-0.05, 0) is 24.6 Å². The van der Waals surface area contributed by atoms with Gasteiger partial charge in [0.15, 0.2) is 0 Å². The molecule has 3 N–H and O–H groups in total. The van der Waals surface area contributed by atoms with Crippen molar-refractivity contribution in [2.75, 3.05) is 6.54 Å². The normalized spacial score (nSPS) is 13.0. The van der Waals surface area contributed by atoms with Crippen LogP contribution in [0.25, 0.3) is 0 Å². The minimum absolute atomic E-state index is 0.124. The van der Waals surface area contributed by atoms with E-state index in [0.29, 0.717) is 0 Å². The van der Waals surface area contributed by atoms with Crippen molar-refractivity contribution in [3.63, 3.8) is 0 Å². The van der Waals surface area contributed by atoms with Gasteiger partial charge in [0, 0.05) is 12.1 Å². The van der Waals surface area contributed by atoms with Crippen LogP contribution < -0.4 is 10.5 Å². The van der Waals surface area contributed by atoms with Crippen LogP contribution in [0.4, 0.5) is 22.0 Å².